The molecule has 0 N–H and O–H groups in total. The highest BCUT2D eigenvalue weighted by Gasteiger charge is 2.25. The van der Waals surface area contributed by atoms with Gasteiger partial charge in [-0.3, -0.25) is 4.79 Å². The molecule has 0 aliphatic heterocycles. The Bertz CT molecular complexity index is 355. The van der Waals surface area contributed by atoms with E-state index in [1.807, 2.05) is 4.68 Å². The number of unbranched alkanes of at least 4 members (excludes halogenated alkanes) is 2. The molecule has 1 saturated carbocycles. The van der Waals surface area contributed by atoms with Crippen LogP contribution >= 0.6 is 0 Å². The molecule has 88 valence electrons. The van der Waals surface area contributed by atoms with Gasteiger partial charge in [0.25, 0.3) is 0 Å². The van der Waals surface area contributed by atoms with Crippen LogP contribution in [0.15, 0.2) is 0 Å². The van der Waals surface area contributed by atoms with Gasteiger partial charge in [-0.05, 0) is 31.6 Å². The summed E-state index contributed by atoms with van der Waals surface area (Å²) in [6.07, 6.45) is 7.92. The predicted octanol–water partition coefficient (Wildman–Crippen LogP) is 2.23. The summed E-state index contributed by atoms with van der Waals surface area (Å²) in [5.41, 5.74) is 1.59. The lowest BCUT2D eigenvalue weighted by molar-refractivity contribution is 0.111. The van der Waals surface area contributed by atoms with Crippen molar-refractivity contribution < 1.29 is 4.79 Å². The van der Waals surface area contributed by atoms with E-state index in [1.54, 1.807) is 0 Å². The zero-order valence-corrected chi connectivity index (χ0v) is 9.85. The third kappa shape index (κ3) is 2.68. The van der Waals surface area contributed by atoms with Crippen molar-refractivity contribution in [1.82, 2.24) is 15.0 Å². The summed E-state index contributed by atoms with van der Waals surface area (Å²) in [7, 11) is 0. The number of hydrogen-bond acceptors (Lipinski definition) is 3. The average Bonchev–Trinajstić information content (AvgIpc) is 3.02. The number of hydrogen-bond donors (Lipinski definition) is 0. The quantitative estimate of drug-likeness (QED) is 0.524. The van der Waals surface area contributed by atoms with E-state index in [1.165, 1.54) is 25.7 Å². The lowest BCUT2D eigenvalue weighted by Gasteiger charge is -2.05. The van der Waals surface area contributed by atoms with Gasteiger partial charge >= 0.3 is 0 Å². The fourth-order valence-corrected chi connectivity index (χ4v) is 1.93. The van der Waals surface area contributed by atoms with Crippen LogP contribution in [0.3, 0.4) is 0 Å². The van der Waals surface area contributed by atoms with E-state index < -0.39 is 0 Å². The molecule has 1 fully saturated rings. The maximum Gasteiger partial charge on any atom is 0.172 e. The van der Waals surface area contributed by atoms with E-state index in [4.69, 9.17) is 0 Å². The first-order valence-corrected chi connectivity index (χ1v) is 6.22. The van der Waals surface area contributed by atoms with Crippen LogP contribution in [0.2, 0.25) is 0 Å². The van der Waals surface area contributed by atoms with Gasteiger partial charge in [0.15, 0.2) is 6.29 Å². The van der Waals surface area contributed by atoms with Crippen molar-refractivity contribution in [1.29, 1.82) is 0 Å². The standard InChI is InChI=1S/C12H19N3O/c1-2-3-4-7-15-12(8-10-5-6-10)11(9-16)13-14-15/h9-10H,2-8H2,1H3. The minimum Gasteiger partial charge on any atom is -0.296 e. The Morgan fingerprint density at radius 3 is 2.88 bits per heavy atom. The summed E-state index contributed by atoms with van der Waals surface area (Å²) in [6.45, 7) is 3.08. The number of nitrogens with zero attached hydrogens (tertiary/aromatic N) is 3. The summed E-state index contributed by atoms with van der Waals surface area (Å²) in [6, 6.07) is 0. The molecule has 1 heterocycles. The molecule has 0 spiro atoms. The van der Waals surface area contributed by atoms with Gasteiger partial charge in [-0.2, -0.15) is 0 Å². The maximum absolute atomic E-state index is 10.9. The number of aromatic nitrogens is 3. The van der Waals surface area contributed by atoms with Gasteiger partial charge in [0, 0.05) is 6.54 Å². The molecule has 0 radical (unpaired) electrons. The topological polar surface area (TPSA) is 47.8 Å². The van der Waals surface area contributed by atoms with Gasteiger partial charge in [0.05, 0.1) is 5.69 Å². The third-order valence-electron chi connectivity index (χ3n) is 3.13. The molecule has 1 aromatic heterocycles. The molecule has 0 aromatic carbocycles. The van der Waals surface area contributed by atoms with Crippen molar-refractivity contribution >= 4 is 6.29 Å². The smallest absolute Gasteiger partial charge is 0.172 e. The van der Waals surface area contributed by atoms with E-state index in [2.05, 4.69) is 17.2 Å². The van der Waals surface area contributed by atoms with Crippen LogP contribution in [0.5, 0.6) is 0 Å². The predicted molar refractivity (Wildman–Crippen MR) is 61.4 cm³/mol. The molecule has 1 aromatic rings. The Kier molecular flexibility index (Phi) is 3.70. The second-order valence-electron chi connectivity index (χ2n) is 4.62. The Morgan fingerprint density at radius 1 is 1.44 bits per heavy atom. The largest absolute Gasteiger partial charge is 0.296 e. The van der Waals surface area contributed by atoms with Crippen LogP contribution in [-0.4, -0.2) is 21.3 Å². The average molecular weight is 221 g/mol. The number of aryl methyl sites for hydroxylation is 1. The van der Waals surface area contributed by atoms with Crippen LogP contribution in [0.4, 0.5) is 0 Å². The molecule has 0 amide bonds. The molecule has 16 heavy (non-hydrogen) atoms. The van der Waals surface area contributed by atoms with E-state index in [9.17, 15) is 4.79 Å². The van der Waals surface area contributed by atoms with Gasteiger partial charge in [0.1, 0.15) is 5.69 Å². The monoisotopic (exact) mass is 221 g/mol. The van der Waals surface area contributed by atoms with Crippen molar-refractivity contribution in [2.75, 3.05) is 0 Å². The molecule has 4 heteroatoms. The minimum absolute atomic E-state index is 0.545. The van der Waals surface area contributed by atoms with E-state index in [0.717, 1.165) is 37.3 Å². The Balaban J connectivity index is 2.03. The highest BCUT2D eigenvalue weighted by Crippen LogP contribution is 2.32. The third-order valence-corrected chi connectivity index (χ3v) is 3.13. The van der Waals surface area contributed by atoms with Crippen LogP contribution < -0.4 is 0 Å². The number of carbonyl (C=O) groups excluding carboxylic acids is 1. The molecule has 1 aliphatic carbocycles. The Labute approximate surface area is 96.0 Å². The molecule has 2 rings (SSSR count). The van der Waals surface area contributed by atoms with Crippen LogP contribution in [0.1, 0.15) is 55.2 Å². The lowest BCUT2D eigenvalue weighted by atomic mass is 10.2. The zero-order valence-electron chi connectivity index (χ0n) is 9.85. The van der Waals surface area contributed by atoms with Crippen molar-refractivity contribution in [2.24, 2.45) is 5.92 Å². The highest BCUT2D eigenvalue weighted by molar-refractivity contribution is 5.73. The second-order valence-corrected chi connectivity index (χ2v) is 4.62. The summed E-state index contributed by atoms with van der Waals surface area (Å²) in [5.74, 6) is 0.766. The molecule has 0 saturated heterocycles. The fraction of sp³-hybridized carbons (Fsp3) is 0.750. The summed E-state index contributed by atoms with van der Waals surface area (Å²) in [5, 5.41) is 8.01. The summed E-state index contributed by atoms with van der Waals surface area (Å²) in [4.78, 5) is 10.9. The van der Waals surface area contributed by atoms with Gasteiger partial charge in [-0.1, -0.05) is 25.0 Å². The van der Waals surface area contributed by atoms with Crippen LogP contribution in [-0.2, 0) is 13.0 Å². The molecule has 0 bridgehead atoms. The van der Waals surface area contributed by atoms with Gasteiger partial charge in [-0.25, -0.2) is 4.68 Å². The summed E-state index contributed by atoms with van der Waals surface area (Å²) >= 11 is 0. The summed E-state index contributed by atoms with van der Waals surface area (Å²) < 4.78 is 1.93. The molecular weight excluding hydrogens is 202 g/mol. The van der Waals surface area contributed by atoms with Crippen molar-refractivity contribution in [3.63, 3.8) is 0 Å². The van der Waals surface area contributed by atoms with E-state index >= 15 is 0 Å². The first-order chi connectivity index (χ1) is 7.85. The van der Waals surface area contributed by atoms with Crippen LogP contribution in [0, 0.1) is 5.92 Å². The Hall–Kier alpha value is -1.19. The minimum atomic E-state index is 0.545. The fourth-order valence-electron chi connectivity index (χ4n) is 1.93. The van der Waals surface area contributed by atoms with Crippen LogP contribution in [0.25, 0.3) is 0 Å². The van der Waals surface area contributed by atoms with Crippen molar-refractivity contribution in [3.05, 3.63) is 11.4 Å². The number of rotatable bonds is 7. The molecule has 1 aliphatic rings. The first-order valence-electron chi connectivity index (χ1n) is 6.22. The van der Waals surface area contributed by atoms with Crippen molar-refractivity contribution in [3.8, 4) is 0 Å². The zero-order chi connectivity index (χ0) is 11.4. The number of carbonyl (C=O) groups is 1. The van der Waals surface area contributed by atoms with Crippen molar-refractivity contribution in [2.45, 2.75) is 52.0 Å². The molecular formula is C12H19N3O. The van der Waals surface area contributed by atoms with Gasteiger partial charge in [-0.15, -0.1) is 5.10 Å². The van der Waals surface area contributed by atoms with Gasteiger partial charge in [0.2, 0.25) is 0 Å². The normalized spacial score (nSPS) is 15.3. The van der Waals surface area contributed by atoms with E-state index in [-0.39, 0.29) is 0 Å². The van der Waals surface area contributed by atoms with Gasteiger partial charge < -0.3 is 0 Å². The second kappa shape index (κ2) is 5.23. The lowest BCUT2D eigenvalue weighted by Crippen LogP contribution is -2.07. The first kappa shape index (κ1) is 11.3. The Morgan fingerprint density at radius 2 is 2.25 bits per heavy atom. The number of aldehydes is 1. The molecule has 0 atom stereocenters. The SMILES string of the molecule is CCCCCn1nnc(C=O)c1CC1CC1. The maximum atomic E-state index is 10.9. The highest BCUT2D eigenvalue weighted by atomic mass is 16.1. The van der Waals surface area contributed by atoms with E-state index in [0.29, 0.717) is 5.69 Å². The molecule has 0 unspecified atom stereocenters. The molecule has 4 nitrogen and oxygen atoms in total.